The maximum absolute atomic E-state index is 12.8. The second-order valence-corrected chi connectivity index (χ2v) is 10.8. The summed E-state index contributed by atoms with van der Waals surface area (Å²) in [7, 11) is -3.40. The van der Waals surface area contributed by atoms with Crippen molar-refractivity contribution in [2.45, 2.75) is 44.9 Å². The van der Waals surface area contributed by atoms with Gasteiger partial charge in [-0.1, -0.05) is 64.8 Å². The van der Waals surface area contributed by atoms with Gasteiger partial charge in [0.1, 0.15) is 0 Å². The van der Waals surface area contributed by atoms with Crippen LogP contribution >= 0.6 is 15.9 Å². The predicted molar refractivity (Wildman–Crippen MR) is 123 cm³/mol. The average Bonchev–Trinajstić information content (AvgIpc) is 2.72. The zero-order valence-corrected chi connectivity index (χ0v) is 19.9. The van der Waals surface area contributed by atoms with Gasteiger partial charge in [-0.15, -0.1) is 0 Å². The lowest BCUT2D eigenvalue weighted by Gasteiger charge is -2.31. The van der Waals surface area contributed by atoms with Gasteiger partial charge in [-0.05, 0) is 49.4 Å². The first-order chi connectivity index (χ1) is 14.3. The molecule has 0 aliphatic carbocycles. The van der Waals surface area contributed by atoms with E-state index in [9.17, 15) is 13.2 Å². The molecule has 0 spiro atoms. The molecule has 7 heteroatoms. The van der Waals surface area contributed by atoms with E-state index < -0.39 is 10.0 Å². The van der Waals surface area contributed by atoms with Crippen molar-refractivity contribution < 1.29 is 13.2 Å². The molecule has 1 heterocycles. The van der Waals surface area contributed by atoms with Crippen molar-refractivity contribution in [3.05, 3.63) is 69.7 Å². The Morgan fingerprint density at radius 3 is 2.43 bits per heavy atom. The third-order valence-electron chi connectivity index (χ3n) is 5.66. The number of sulfonamides is 1. The van der Waals surface area contributed by atoms with E-state index in [1.54, 1.807) is 0 Å². The molecule has 0 unspecified atom stereocenters. The molecule has 0 saturated carbocycles. The standard InChI is InChI=1S/C23H29BrN2O3S/c1-3-22(19-9-7-17(2)8-10-19)25-23(27)20-11-13-26(14-12-20)30(28,29)16-18-5-4-6-21(24)15-18/h4-10,15,20,22H,3,11-14,16H2,1-2H3,(H,25,27)/t22-/m0/s1. The summed E-state index contributed by atoms with van der Waals surface area (Å²) in [6.07, 6.45) is 1.91. The fourth-order valence-electron chi connectivity index (χ4n) is 3.83. The highest BCUT2D eigenvalue weighted by Gasteiger charge is 2.31. The maximum atomic E-state index is 12.8. The lowest BCUT2D eigenvalue weighted by molar-refractivity contribution is -0.126. The number of nitrogens with zero attached hydrogens (tertiary/aromatic N) is 1. The summed E-state index contributed by atoms with van der Waals surface area (Å²) in [6.45, 7) is 4.87. The Bertz CT molecular complexity index is 968. The van der Waals surface area contributed by atoms with Gasteiger partial charge in [0.2, 0.25) is 15.9 Å². The van der Waals surface area contributed by atoms with E-state index >= 15 is 0 Å². The van der Waals surface area contributed by atoms with Gasteiger partial charge in [-0.25, -0.2) is 12.7 Å². The molecule has 5 nitrogen and oxygen atoms in total. The van der Waals surface area contributed by atoms with Crippen LogP contribution in [0.15, 0.2) is 53.0 Å². The van der Waals surface area contributed by atoms with Crippen molar-refractivity contribution in [1.82, 2.24) is 9.62 Å². The van der Waals surface area contributed by atoms with Crippen LogP contribution in [0.25, 0.3) is 0 Å². The molecule has 0 bridgehead atoms. The molecule has 1 N–H and O–H groups in total. The molecule has 0 aromatic heterocycles. The summed E-state index contributed by atoms with van der Waals surface area (Å²) in [5, 5.41) is 3.16. The Hall–Kier alpha value is -1.70. The number of amides is 1. The predicted octanol–water partition coefficient (Wildman–Crippen LogP) is 4.57. The average molecular weight is 493 g/mol. The first-order valence-corrected chi connectivity index (χ1v) is 12.8. The van der Waals surface area contributed by atoms with Crippen molar-refractivity contribution in [2.75, 3.05) is 13.1 Å². The van der Waals surface area contributed by atoms with E-state index in [2.05, 4.69) is 52.4 Å². The number of halogens is 1. The normalized spacial score (nSPS) is 16.9. The molecule has 1 aliphatic heterocycles. The van der Waals surface area contributed by atoms with Crippen LogP contribution in [0.1, 0.15) is 48.9 Å². The summed E-state index contributed by atoms with van der Waals surface area (Å²) in [6, 6.07) is 15.6. The lowest BCUT2D eigenvalue weighted by atomic mass is 9.95. The Balaban J connectivity index is 1.56. The van der Waals surface area contributed by atoms with Crippen LogP contribution in [-0.4, -0.2) is 31.7 Å². The third kappa shape index (κ3) is 5.93. The van der Waals surface area contributed by atoms with Crippen LogP contribution in [-0.2, 0) is 20.6 Å². The van der Waals surface area contributed by atoms with E-state index in [-0.39, 0.29) is 23.6 Å². The number of aryl methyl sites for hydroxylation is 1. The monoisotopic (exact) mass is 492 g/mol. The SMILES string of the molecule is CC[C@H](NC(=O)C1CCN(S(=O)(=O)Cc2cccc(Br)c2)CC1)c1ccc(C)cc1. The molecule has 1 amide bonds. The smallest absolute Gasteiger partial charge is 0.223 e. The molecule has 1 atom stereocenters. The fourth-order valence-corrected chi connectivity index (χ4v) is 5.83. The minimum atomic E-state index is -3.40. The van der Waals surface area contributed by atoms with E-state index in [4.69, 9.17) is 0 Å². The number of nitrogens with one attached hydrogen (secondary N) is 1. The highest BCUT2D eigenvalue weighted by Crippen LogP contribution is 2.24. The van der Waals surface area contributed by atoms with E-state index in [1.807, 2.05) is 31.2 Å². The minimum Gasteiger partial charge on any atom is -0.349 e. The van der Waals surface area contributed by atoms with Gasteiger partial charge in [0.15, 0.2) is 0 Å². The first kappa shape index (κ1) is 23.0. The van der Waals surface area contributed by atoms with Crippen molar-refractivity contribution in [1.29, 1.82) is 0 Å². The van der Waals surface area contributed by atoms with Gasteiger partial charge in [0.25, 0.3) is 0 Å². The summed E-state index contributed by atoms with van der Waals surface area (Å²) < 4.78 is 28.0. The third-order valence-corrected chi connectivity index (χ3v) is 8.00. The number of rotatable bonds is 7. The van der Waals surface area contributed by atoms with Crippen LogP contribution < -0.4 is 5.32 Å². The number of carbonyl (C=O) groups is 1. The van der Waals surface area contributed by atoms with E-state index in [0.717, 1.165) is 22.0 Å². The second-order valence-electron chi connectivity index (χ2n) is 7.94. The largest absolute Gasteiger partial charge is 0.349 e. The number of benzene rings is 2. The number of carbonyl (C=O) groups excluding carboxylic acids is 1. The Morgan fingerprint density at radius 2 is 1.83 bits per heavy atom. The molecular formula is C23H29BrN2O3S. The van der Waals surface area contributed by atoms with E-state index in [0.29, 0.717) is 25.9 Å². The molecule has 2 aromatic rings. The van der Waals surface area contributed by atoms with Crippen LogP contribution in [0.3, 0.4) is 0 Å². The molecule has 162 valence electrons. The molecular weight excluding hydrogens is 464 g/mol. The lowest BCUT2D eigenvalue weighted by Crippen LogP contribution is -2.44. The Kier molecular flexibility index (Phi) is 7.71. The van der Waals surface area contributed by atoms with Crippen LogP contribution in [0, 0.1) is 12.8 Å². The number of piperidine rings is 1. The molecule has 30 heavy (non-hydrogen) atoms. The molecule has 1 fully saturated rings. The van der Waals surface area contributed by atoms with Gasteiger partial charge in [-0.2, -0.15) is 0 Å². The molecule has 0 radical (unpaired) electrons. The summed E-state index contributed by atoms with van der Waals surface area (Å²) in [5.74, 6) is -0.150. The van der Waals surface area contributed by atoms with Crippen molar-refractivity contribution in [3.63, 3.8) is 0 Å². The van der Waals surface area contributed by atoms with Gasteiger partial charge < -0.3 is 5.32 Å². The summed E-state index contributed by atoms with van der Waals surface area (Å²) in [4.78, 5) is 12.8. The number of hydrogen-bond donors (Lipinski definition) is 1. The second kappa shape index (κ2) is 10.1. The van der Waals surface area contributed by atoms with Gasteiger partial charge in [-0.3, -0.25) is 4.79 Å². The van der Waals surface area contributed by atoms with Crippen molar-refractivity contribution in [3.8, 4) is 0 Å². The molecule has 1 saturated heterocycles. The van der Waals surface area contributed by atoms with Gasteiger partial charge in [0, 0.05) is 23.5 Å². The quantitative estimate of drug-likeness (QED) is 0.615. The van der Waals surface area contributed by atoms with Crippen LogP contribution in [0.2, 0.25) is 0 Å². The van der Waals surface area contributed by atoms with Crippen molar-refractivity contribution in [2.24, 2.45) is 5.92 Å². The molecule has 2 aromatic carbocycles. The highest BCUT2D eigenvalue weighted by molar-refractivity contribution is 9.10. The summed E-state index contributed by atoms with van der Waals surface area (Å²) >= 11 is 3.38. The van der Waals surface area contributed by atoms with E-state index in [1.165, 1.54) is 9.87 Å². The Morgan fingerprint density at radius 1 is 1.17 bits per heavy atom. The van der Waals surface area contributed by atoms with Gasteiger partial charge >= 0.3 is 0 Å². The van der Waals surface area contributed by atoms with Gasteiger partial charge in [0.05, 0.1) is 11.8 Å². The highest BCUT2D eigenvalue weighted by atomic mass is 79.9. The number of hydrogen-bond acceptors (Lipinski definition) is 3. The summed E-state index contributed by atoms with van der Waals surface area (Å²) in [5.41, 5.74) is 3.05. The minimum absolute atomic E-state index is 0.0172. The Labute approximate surface area is 188 Å². The first-order valence-electron chi connectivity index (χ1n) is 10.4. The van der Waals surface area contributed by atoms with Crippen LogP contribution in [0.5, 0.6) is 0 Å². The maximum Gasteiger partial charge on any atom is 0.223 e. The zero-order valence-electron chi connectivity index (χ0n) is 17.5. The molecule has 3 rings (SSSR count). The zero-order chi connectivity index (χ0) is 21.7. The fraction of sp³-hybridized carbons (Fsp3) is 0.435. The van der Waals surface area contributed by atoms with Crippen LogP contribution in [0.4, 0.5) is 0 Å². The topological polar surface area (TPSA) is 66.5 Å². The molecule has 1 aliphatic rings. The van der Waals surface area contributed by atoms with Crippen molar-refractivity contribution >= 4 is 31.9 Å².